The molecule has 1 aliphatic heterocycles. The summed E-state index contributed by atoms with van der Waals surface area (Å²) < 4.78 is 71.3. The summed E-state index contributed by atoms with van der Waals surface area (Å²) >= 11 is 0. The van der Waals surface area contributed by atoms with Crippen LogP contribution in [0.5, 0.6) is 5.75 Å². The number of sulfonamides is 1. The third kappa shape index (κ3) is 5.56. The zero-order valence-electron chi connectivity index (χ0n) is 16.9. The van der Waals surface area contributed by atoms with Crippen LogP contribution < -0.4 is 10.1 Å². The lowest BCUT2D eigenvalue weighted by atomic mass is 10.2. The SMILES string of the molecule is Cc1ccc(S(=O)(=O)N2CCCCC2)cc1NC(=O)COc1ccccc1C(F)(F)F. The molecule has 168 valence electrons. The predicted octanol–water partition coefficient (Wildman–Crippen LogP) is 4.21. The number of piperidine rings is 1. The van der Waals surface area contributed by atoms with Crippen LogP contribution in [0.2, 0.25) is 0 Å². The molecule has 1 saturated heterocycles. The normalized spacial score (nSPS) is 15.5. The largest absolute Gasteiger partial charge is 0.483 e. The topological polar surface area (TPSA) is 75.7 Å². The standard InChI is InChI=1S/C21H23F3N2O4S/c1-15-9-10-16(31(28,29)26-11-5-2-6-12-26)13-18(15)25-20(27)14-30-19-8-4-3-7-17(19)21(22,23)24/h3-4,7-10,13H,2,5-6,11-12,14H2,1H3,(H,25,27). The summed E-state index contributed by atoms with van der Waals surface area (Å²) in [5.41, 5.74) is -0.106. The highest BCUT2D eigenvalue weighted by atomic mass is 32.2. The van der Waals surface area contributed by atoms with Crippen molar-refractivity contribution in [3.63, 3.8) is 0 Å². The molecule has 1 aliphatic rings. The summed E-state index contributed by atoms with van der Waals surface area (Å²) in [5, 5.41) is 2.53. The van der Waals surface area contributed by atoms with Crippen LogP contribution >= 0.6 is 0 Å². The van der Waals surface area contributed by atoms with Gasteiger partial charge in [-0.2, -0.15) is 17.5 Å². The van der Waals surface area contributed by atoms with Gasteiger partial charge in [-0.15, -0.1) is 0 Å². The zero-order valence-corrected chi connectivity index (χ0v) is 17.7. The van der Waals surface area contributed by atoms with Crippen molar-refractivity contribution in [2.75, 3.05) is 25.0 Å². The van der Waals surface area contributed by atoms with Gasteiger partial charge in [0.25, 0.3) is 5.91 Å². The molecule has 0 spiro atoms. The third-order valence-corrected chi connectivity index (χ3v) is 6.88. The minimum atomic E-state index is -4.61. The summed E-state index contributed by atoms with van der Waals surface area (Å²) in [6.07, 6.45) is -2.03. The number of benzene rings is 2. The average Bonchev–Trinajstić information content (AvgIpc) is 2.74. The monoisotopic (exact) mass is 456 g/mol. The molecule has 0 aromatic heterocycles. The number of rotatable bonds is 6. The fourth-order valence-electron chi connectivity index (χ4n) is 3.31. The van der Waals surface area contributed by atoms with Gasteiger partial charge in [0.1, 0.15) is 5.75 Å². The average molecular weight is 456 g/mol. The second kappa shape index (κ2) is 9.27. The molecule has 3 rings (SSSR count). The summed E-state index contributed by atoms with van der Waals surface area (Å²) in [5.74, 6) is -1.16. The quantitative estimate of drug-likeness (QED) is 0.707. The van der Waals surface area contributed by atoms with E-state index in [0.717, 1.165) is 31.4 Å². The number of halogens is 3. The van der Waals surface area contributed by atoms with Gasteiger partial charge in [0.05, 0.1) is 10.5 Å². The van der Waals surface area contributed by atoms with Crippen molar-refractivity contribution in [1.29, 1.82) is 0 Å². The maximum Gasteiger partial charge on any atom is 0.419 e. The number of hydrogen-bond donors (Lipinski definition) is 1. The van der Waals surface area contributed by atoms with E-state index in [1.165, 1.54) is 28.6 Å². The molecule has 1 heterocycles. The number of nitrogens with one attached hydrogen (secondary N) is 1. The van der Waals surface area contributed by atoms with Gasteiger partial charge in [0.2, 0.25) is 10.0 Å². The first-order valence-corrected chi connectivity index (χ1v) is 11.2. The lowest BCUT2D eigenvalue weighted by Gasteiger charge is -2.26. The number of anilines is 1. The van der Waals surface area contributed by atoms with E-state index >= 15 is 0 Å². The van der Waals surface area contributed by atoms with Crippen LogP contribution in [-0.4, -0.2) is 38.3 Å². The maximum absolute atomic E-state index is 13.0. The second-order valence-electron chi connectivity index (χ2n) is 7.27. The van der Waals surface area contributed by atoms with Crippen LogP contribution in [0.15, 0.2) is 47.4 Å². The number of amides is 1. The number of para-hydroxylation sites is 1. The van der Waals surface area contributed by atoms with Gasteiger partial charge in [-0.1, -0.05) is 24.6 Å². The minimum absolute atomic E-state index is 0.0543. The first-order chi connectivity index (χ1) is 14.6. The number of hydrogen-bond acceptors (Lipinski definition) is 4. The zero-order chi connectivity index (χ0) is 22.6. The number of carbonyl (C=O) groups excluding carboxylic acids is 1. The molecule has 0 aliphatic carbocycles. The molecule has 2 aromatic carbocycles. The molecule has 0 radical (unpaired) electrons. The van der Waals surface area contributed by atoms with Crippen molar-refractivity contribution in [3.8, 4) is 5.75 Å². The van der Waals surface area contributed by atoms with Crippen LogP contribution in [0.3, 0.4) is 0 Å². The van der Waals surface area contributed by atoms with Crippen molar-refractivity contribution in [3.05, 3.63) is 53.6 Å². The van der Waals surface area contributed by atoms with Crippen LogP contribution in [0.1, 0.15) is 30.4 Å². The molecule has 0 bridgehead atoms. The predicted molar refractivity (Wildman–Crippen MR) is 109 cm³/mol. The number of carbonyl (C=O) groups is 1. The van der Waals surface area contributed by atoms with Crippen molar-refractivity contribution in [2.45, 2.75) is 37.3 Å². The van der Waals surface area contributed by atoms with Gasteiger partial charge in [-0.25, -0.2) is 8.42 Å². The Hall–Kier alpha value is -2.59. The molecular formula is C21H23F3N2O4S. The molecule has 31 heavy (non-hydrogen) atoms. The van der Waals surface area contributed by atoms with E-state index in [1.807, 2.05) is 0 Å². The molecule has 0 atom stereocenters. The molecule has 2 aromatic rings. The van der Waals surface area contributed by atoms with E-state index in [1.54, 1.807) is 13.0 Å². The van der Waals surface area contributed by atoms with E-state index in [-0.39, 0.29) is 10.6 Å². The summed E-state index contributed by atoms with van der Waals surface area (Å²) in [6, 6.07) is 9.02. The van der Waals surface area contributed by atoms with E-state index in [2.05, 4.69) is 5.32 Å². The Balaban J connectivity index is 1.72. The second-order valence-corrected chi connectivity index (χ2v) is 9.21. The first kappa shape index (κ1) is 23.1. The van der Waals surface area contributed by atoms with E-state index < -0.39 is 40.0 Å². The van der Waals surface area contributed by atoms with Crippen molar-refractivity contribution in [1.82, 2.24) is 4.31 Å². The maximum atomic E-state index is 13.0. The Morgan fingerprint density at radius 1 is 1.10 bits per heavy atom. The van der Waals surface area contributed by atoms with Gasteiger partial charge in [0, 0.05) is 18.8 Å². The van der Waals surface area contributed by atoms with Gasteiger partial charge >= 0.3 is 6.18 Å². The van der Waals surface area contributed by atoms with E-state index in [9.17, 15) is 26.4 Å². The molecule has 1 amide bonds. The van der Waals surface area contributed by atoms with Crippen LogP contribution in [-0.2, 0) is 21.0 Å². The lowest BCUT2D eigenvalue weighted by Crippen LogP contribution is -2.35. The Kier molecular flexibility index (Phi) is 6.90. The Labute approximate surface area is 179 Å². The summed E-state index contributed by atoms with van der Waals surface area (Å²) in [7, 11) is -3.69. The highest BCUT2D eigenvalue weighted by Crippen LogP contribution is 2.35. The molecule has 6 nitrogen and oxygen atoms in total. The van der Waals surface area contributed by atoms with Crippen LogP contribution in [0.4, 0.5) is 18.9 Å². The van der Waals surface area contributed by atoms with Gasteiger partial charge < -0.3 is 10.1 Å². The number of aryl methyl sites for hydroxylation is 1. The molecule has 0 saturated carbocycles. The fourth-order valence-corrected chi connectivity index (χ4v) is 4.85. The molecule has 1 fully saturated rings. The Morgan fingerprint density at radius 3 is 2.45 bits per heavy atom. The van der Waals surface area contributed by atoms with Crippen molar-refractivity contribution < 1.29 is 31.1 Å². The highest BCUT2D eigenvalue weighted by Gasteiger charge is 2.34. The highest BCUT2D eigenvalue weighted by molar-refractivity contribution is 7.89. The molecule has 1 N–H and O–H groups in total. The molecular weight excluding hydrogens is 433 g/mol. The summed E-state index contributed by atoms with van der Waals surface area (Å²) in [6.45, 7) is 1.93. The smallest absolute Gasteiger partial charge is 0.419 e. The van der Waals surface area contributed by atoms with Crippen molar-refractivity contribution in [2.24, 2.45) is 0 Å². The van der Waals surface area contributed by atoms with Gasteiger partial charge in [-0.05, 0) is 49.6 Å². The Bertz CT molecular complexity index is 1050. The lowest BCUT2D eigenvalue weighted by molar-refractivity contribution is -0.139. The number of nitrogens with zero attached hydrogens (tertiary/aromatic N) is 1. The molecule has 10 heteroatoms. The third-order valence-electron chi connectivity index (χ3n) is 4.99. The fraction of sp³-hybridized carbons (Fsp3) is 0.381. The van der Waals surface area contributed by atoms with Gasteiger partial charge in [-0.3, -0.25) is 4.79 Å². The Morgan fingerprint density at radius 2 is 1.77 bits per heavy atom. The first-order valence-electron chi connectivity index (χ1n) is 9.79. The molecule has 0 unspecified atom stereocenters. The minimum Gasteiger partial charge on any atom is -0.483 e. The van der Waals surface area contributed by atoms with Crippen LogP contribution in [0.25, 0.3) is 0 Å². The van der Waals surface area contributed by atoms with E-state index in [4.69, 9.17) is 4.74 Å². The summed E-state index contributed by atoms with van der Waals surface area (Å²) in [4.78, 5) is 12.3. The van der Waals surface area contributed by atoms with Crippen LogP contribution in [0, 0.1) is 6.92 Å². The van der Waals surface area contributed by atoms with Gasteiger partial charge in [0.15, 0.2) is 6.61 Å². The number of alkyl halides is 3. The van der Waals surface area contributed by atoms with E-state index in [0.29, 0.717) is 18.7 Å². The van der Waals surface area contributed by atoms with Crippen molar-refractivity contribution >= 4 is 21.6 Å². The number of ether oxygens (including phenoxy) is 1.